The number of piperazine rings is 1. The van der Waals surface area contributed by atoms with Gasteiger partial charge in [-0.15, -0.1) is 11.3 Å². The van der Waals surface area contributed by atoms with Gasteiger partial charge < -0.3 is 11.1 Å². The molecule has 0 amide bonds. The summed E-state index contributed by atoms with van der Waals surface area (Å²) in [6.07, 6.45) is 3.35. The van der Waals surface area contributed by atoms with Crippen LogP contribution in [0, 0.1) is 6.92 Å². The first-order valence-corrected chi connectivity index (χ1v) is 11.6. The standard InChI is InChI=1S/C22H24N10S/c1-14-3-2-4-18(27-14)20-25-6-5-17(29-20)16-11-26-21(30-19(16)23)31-22-28-15(13-33-22)12-32-9-7-24-8-10-32/h2-6,11,13,24H,7-10,12H2,1H3,(H3,23,26,28,30,31). The van der Waals surface area contributed by atoms with Crippen LogP contribution in [0.1, 0.15) is 11.4 Å². The van der Waals surface area contributed by atoms with Crippen LogP contribution in [0.15, 0.2) is 42.0 Å². The fraction of sp³-hybridized carbons (Fsp3) is 0.273. The normalized spacial score (nSPS) is 14.3. The Morgan fingerprint density at radius 2 is 1.94 bits per heavy atom. The van der Waals surface area contributed by atoms with Crippen LogP contribution in [0.4, 0.5) is 16.9 Å². The monoisotopic (exact) mass is 460 g/mol. The number of aryl methyl sites for hydroxylation is 1. The van der Waals surface area contributed by atoms with Crippen molar-refractivity contribution >= 4 is 28.2 Å². The van der Waals surface area contributed by atoms with Gasteiger partial charge >= 0.3 is 0 Å². The van der Waals surface area contributed by atoms with E-state index >= 15 is 0 Å². The van der Waals surface area contributed by atoms with Gasteiger partial charge in [0.25, 0.3) is 0 Å². The smallest absolute Gasteiger partial charge is 0.230 e. The fourth-order valence-electron chi connectivity index (χ4n) is 3.58. The summed E-state index contributed by atoms with van der Waals surface area (Å²) in [6.45, 7) is 6.88. The molecule has 0 bridgehead atoms. The molecule has 1 saturated heterocycles. The zero-order chi connectivity index (χ0) is 22.6. The van der Waals surface area contributed by atoms with Gasteiger partial charge in [0.1, 0.15) is 11.5 Å². The molecule has 0 aromatic carbocycles. The predicted octanol–water partition coefficient (Wildman–Crippen LogP) is 2.49. The molecule has 0 aliphatic carbocycles. The van der Waals surface area contributed by atoms with Gasteiger partial charge in [0.2, 0.25) is 5.95 Å². The van der Waals surface area contributed by atoms with Crippen molar-refractivity contribution in [2.75, 3.05) is 37.2 Å². The number of hydrogen-bond acceptors (Lipinski definition) is 11. The van der Waals surface area contributed by atoms with E-state index in [2.05, 4.69) is 50.8 Å². The van der Waals surface area contributed by atoms with Gasteiger partial charge in [-0.1, -0.05) is 6.07 Å². The zero-order valence-corrected chi connectivity index (χ0v) is 19.0. The summed E-state index contributed by atoms with van der Waals surface area (Å²) in [5.74, 6) is 1.25. The summed E-state index contributed by atoms with van der Waals surface area (Å²) >= 11 is 1.53. The molecular weight excluding hydrogens is 436 g/mol. The van der Waals surface area contributed by atoms with E-state index in [0.29, 0.717) is 34.5 Å². The van der Waals surface area contributed by atoms with Gasteiger partial charge in [-0.25, -0.2) is 24.9 Å². The molecule has 0 radical (unpaired) electrons. The van der Waals surface area contributed by atoms with Crippen molar-refractivity contribution in [1.29, 1.82) is 0 Å². The molecule has 1 aliphatic heterocycles. The third-order valence-corrected chi connectivity index (χ3v) is 6.04. The average Bonchev–Trinajstić information content (AvgIpc) is 3.26. The highest BCUT2D eigenvalue weighted by atomic mass is 32.1. The van der Waals surface area contributed by atoms with E-state index in [1.807, 2.05) is 25.1 Å². The molecule has 0 spiro atoms. The summed E-state index contributed by atoms with van der Waals surface area (Å²) < 4.78 is 0. The molecular formula is C22H24N10S. The maximum Gasteiger partial charge on any atom is 0.230 e. The molecule has 11 heteroatoms. The minimum absolute atomic E-state index is 0.326. The molecule has 0 atom stereocenters. The number of nitrogens with zero attached hydrogens (tertiary/aromatic N) is 7. The van der Waals surface area contributed by atoms with Gasteiger partial charge in [-0.3, -0.25) is 10.2 Å². The maximum absolute atomic E-state index is 6.25. The average molecular weight is 461 g/mol. The molecule has 4 aromatic rings. The Labute approximate surface area is 195 Å². The predicted molar refractivity (Wildman–Crippen MR) is 129 cm³/mol. The van der Waals surface area contributed by atoms with E-state index in [4.69, 9.17) is 5.73 Å². The number of nitrogens with one attached hydrogen (secondary N) is 2. The van der Waals surface area contributed by atoms with Crippen LogP contribution in [-0.4, -0.2) is 61.0 Å². The Morgan fingerprint density at radius 1 is 1.06 bits per heavy atom. The Hall–Kier alpha value is -3.54. The second-order valence-corrected chi connectivity index (χ2v) is 8.58. The number of nitrogens with two attached hydrogens (primary N) is 1. The summed E-state index contributed by atoms with van der Waals surface area (Å²) in [7, 11) is 0. The van der Waals surface area contributed by atoms with Crippen LogP contribution in [0.5, 0.6) is 0 Å². The van der Waals surface area contributed by atoms with Crippen molar-refractivity contribution in [3.05, 3.63) is 53.4 Å². The second-order valence-electron chi connectivity index (χ2n) is 7.72. The first-order valence-electron chi connectivity index (χ1n) is 10.7. The number of aromatic nitrogens is 6. The lowest BCUT2D eigenvalue weighted by Gasteiger charge is -2.26. The quantitative estimate of drug-likeness (QED) is 0.394. The van der Waals surface area contributed by atoms with Crippen LogP contribution in [-0.2, 0) is 6.54 Å². The molecule has 33 heavy (non-hydrogen) atoms. The Morgan fingerprint density at radius 3 is 2.76 bits per heavy atom. The number of pyridine rings is 1. The van der Waals surface area contributed by atoms with Gasteiger partial charge in [0.05, 0.1) is 17.0 Å². The second kappa shape index (κ2) is 9.53. The third kappa shape index (κ3) is 5.11. The van der Waals surface area contributed by atoms with Crippen molar-refractivity contribution in [1.82, 2.24) is 40.1 Å². The van der Waals surface area contributed by atoms with Crippen molar-refractivity contribution < 1.29 is 0 Å². The molecule has 168 valence electrons. The number of thiazole rings is 1. The molecule has 4 N–H and O–H groups in total. The minimum Gasteiger partial charge on any atom is -0.383 e. The number of rotatable bonds is 6. The minimum atomic E-state index is 0.326. The number of nitrogen functional groups attached to an aromatic ring is 1. The first-order chi connectivity index (χ1) is 16.1. The third-order valence-electron chi connectivity index (χ3n) is 5.23. The van der Waals surface area contributed by atoms with Crippen LogP contribution < -0.4 is 16.4 Å². The van der Waals surface area contributed by atoms with E-state index < -0.39 is 0 Å². The van der Waals surface area contributed by atoms with Crippen molar-refractivity contribution in [3.8, 4) is 22.8 Å². The molecule has 10 nitrogen and oxygen atoms in total. The van der Waals surface area contributed by atoms with Crippen LogP contribution in [0.3, 0.4) is 0 Å². The van der Waals surface area contributed by atoms with Gasteiger partial charge in [-0.2, -0.15) is 4.98 Å². The molecule has 5 heterocycles. The van der Waals surface area contributed by atoms with Gasteiger partial charge in [0, 0.05) is 56.2 Å². The highest BCUT2D eigenvalue weighted by molar-refractivity contribution is 7.13. The van der Waals surface area contributed by atoms with E-state index in [9.17, 15) is 0 Å². The van der Waals surface area contributed by atoms with Crippen LogP contribution in [0.25, 0.3) is 22.8 Å². The van der Waals surface area contributed by atoms with Crippen molar-refractivity contribution in [2.24, 2.45) is 0 Å². The van der Waals surface area contributed by atoms with Crippen molar-refractivity contribution in [2.45, 2.75) is 13.5 Å². The Kier molecular flexibility index (Phi) is 6.15. The van der Waals surface area contributed by atoms with Gasteiger partial charge in [-0.05, 0) is 25.1 Å². The van der Waals surface area contributed by atoms with E-state index in [1.165, 1.54) is 11.3 Å². The lowest BCUT2D eigenvalue weighted by Crippen LogP contribution is -2.42. The maximum atomic E-state index is 6.25. The summed E-state index contributed by atoms with van der Waals surface area (Å²) in [4.78, 5) is 29.3. The molecule has 0 unspecified atom stereocenters. The van der Waals surface area contributed by atoms with Gasteiger partial charge in [0.15, 0.2) is 11.0 Å². The van der Waals surface area contributed by atoms with Crippen LogP contribution in [0.2, 0.25) is 0 Å². The fourth-order valence-corrected chi connectivity index (χ4v) is 4.28. The summed E-state index contributed by atoms with van der Waals surface area (Å²) in [6, 6.07) is 7.52. The summed E-state index contributed by atoms with van der Waals surface area (Å²) in [5, 5.41) is 9.32. The molecule has 1 fully saturated rings. The number of hydrogen-bond donors (Lipinski definition) is 3. The number of anilines is 3. The van der Waals surface area contributed by atoms with E-state index in [0.717, 1.165) is 49.2 Å². The lowest BCUT2D eigenvalue weighted by molar-refractivity contribution is 0.231. The van der Waals surface area contributed by atoms with Crippen LogP contribution >= 0.6 is 11.3 Å². The SMILES string of the molecule is Cc1cccc(-c2nccc(-c3cnc(Nc4nc(CN5CCNCC5)cs4)nc3N)n2)n1. The molecule has 5 rings (SSSR count). The lowest BCUT2D eigenvalue weighted by atomic mass is 10.2. The largest absolute Gasteiger partial charge is 0.383 e. The topological polar surface area (TPSA) is 131 Å². The molecule has 0 saturated carbocycles. The molecule has 1 aliphatic rings. The van der Waals surface area contributed by atoms with E-state index in [-0.39, 0.29) is 0 Å². The zero-order valence-electron chi connectivity index (χ0n) is 18.2. The Balaban J connectivity index is 1.31. The van der Waals surface area contributed by atoms with Crippen molar-refractivity contribution in [3.63, 3.8) is 0 Å². The Bertz CT molecular complexity index is 1250. The summed E-state index contributed by atoms with van der Waals surface area (Å²) in [5.41, 5.74) is 10.2. The highest BCUT2D eigenvalue weighted by Gasteiger charge is 2.14. The molecule has 4 aromatic heterocycles. The first kappa shape index (κ1) is 21.3. The highest BCUT2D eigenvalue weighted by Crippen LogP contribution is 2.26. The van der Waals surface area contributed by atoms with E-state index in [1.54, 1.807) is 18.5 Å².